The number of carbonyl (C=O) groups excluding carboxylic acids is 1. The van der Waals surface area contributed by atoms with E-state index < -0.39 is 0 Å². The first-order valence-electron chi connectivity index (χ1n) is 7.72. The highest BCUT2D eigenvalue weighted by atomic mass is 16.1. The van der Waals surface area contributed by atoms with Crippen LogP contribution in [-0.2, 0) is 11.2 Å². The Hall–Kier alpha value is -1.35. The van der Waals surface area contributed by atoms with Gasteiger partial charge in [0.25, 0.3) is 0 Å². The second-order valence-corrected chi connectivity index (χ2v) is 6.24. The first kappa shape index (κ1) is 13.6. The molecule has 1 atom stereocenters. The summed E-state index contributed by atoms with van der Waals surface area (Å²) >= 11 is 0. The second-order valence-electron chi connectivity index (χ2n) is 6.24. The van der Waals surface area contributed by atoms with Crippen molar-refractivity contribution in [1.29, 1.82) is 0 Å². The molecule has 3 nitrogen and oxygen atoms in total. The van der Waals surface area contributed by atoms with Crippen LogP contribution in [0, 0.1) is 6.92 Å². The maximum absolute atomic E-state index is 11.2. The SMILES string of the molecule is CC(=O)CCN1CCCN2c3c(C)cccc3CC2C1. The van der Waals surface area contributed by atoms with E-state index >= 15 is 0 Å². The van der Waals surface area contributed by atoms with Crippen molar-refractivity contribution in [3.8, 4) is 0 Å². The molecule has 1 fully saturated rings. The first-order chi connectivity index (χ1) is 9.65. The molecule has 0 aromatic heterocycles. The Labute approximate surface area is 121 Å². The van der Waals surface area contributed by atoms with Crippen LogP contribution >= 0.6 is 0 Å². The van der Waals surface area contributed by atoms with Gasteiger partial charge in [-0.3, -0.25) is 4.79 Å². The molecule has 0 N–H and O–H groups in total. The minimum Gasteiger partial charge on any atom is -0.366 e. The lowest BCUT2D eigenvalue weighted by atomic mass is 10.1. The van der Waals surface area contributed by atoms with E-state index in [-0.39, 0.29) is 0 Å². The summed E-state index contributed by atoms with van der Waals surface area (Å²) in [6, 6.07) is 7.27. The van der Waals surface area contributed by atoms with Crippen LogP contribution in [-0.4, -0.2) is 42.9 Å². The van der Waals surface area contributed by atoms with Gasteiger partial charge in [-0.05, 0) is 44.4 Å². The Kier molecular flexibility index (Phi) is 3.79. The monoisotopic (exact) mass is 272 g/mol. The molecule has 0 spiro atoms. The molecule has 3 rings (SSSR count). The summed E-state index contributed by atoms with van der Waals surface area (Å²) in [7, 11) is 0. The molecule has 108 valence electrons. The average molecular weight is 272 g/mol. The smallest absolute Gasteiger partial charge is 0.131 e. The molecule has 3 heteroatoms. The lowest BCUT2D eigenvalue weighted by molar-refractivity contribution is -0.117. The molecule has 0 bridgehead atoms. The van der Waals surface area contributed by atoms with Crippen molar-refractivity contribution in [2.75, 3.05) is 31.1 Å². The van der Waals surface area contributed by atoms with E-state index in [1.165, 1.54) is 23.2 Å². The minimum absolute atomic E-state index is 0.302. The van der Waals surface area contributed by atoms with Gasteiger partial charge in [0.15, 0.2) is 0 Å². The van der Waals surface area contributed by atoms with Gasteiger partial charge in [-0.1, -0.05) is 18.2 Å². The van der Waals surface area contributed by atoms with Crippen molar-refractivity contribution in [2.24, 2.45) is 0 Å². The van der Waals surface area contributed by atoms with Crippen molar-refractivity contribution >= 4 is 11.5 Å². The predicted octanol–water partition coefficient (Wildman–Crippen LogP) is 2.41. The van der Waals surface area contributed by atoms with Crippen molar-refractivity contribution < 1.29 is 4.79 Å². The molecule has 0 amide bonds. The normalized spacial score (nSPS) is 22.3. The number of rotatable bonds is 3. The number of hydrogen-bond donors (Lipinski definition) is 0. The standard InChI is InChI=1S/C17H24N2O/c1-13-5-3-6-15-11-16-12-18(10-7-14(2)20)8-4-9-19(16)17(13)15/h3,5-6,16H,4,7-12H2,1-2H3. The Morgan fingerprint density at radius 3 is 3.00 bits per heavy atom. The van der Waals surface area contributed by atoms with E-state index in [2.05, 4.69) is 34.9 Å². The van der Waals surface area contributed by atoms with Crippen LogP contribution in [0.5, 0.6) is 0 Å². The maximum Gasteiger partial charge on any atom is 0.131 e. The Morgan fingerprint density at radius 1 is 1.35 bits per heavy atom. The van der Waals surface area contributed by atoms with Crippen molar-refractivity contribution in [2.45, 2.75) is 39.2 Å². The third-order valence-electron chi connectivity index (χ3n) is 4.63. The molecule has 2 aliphatic heterocycles. The zero-order valence-electron chi connectivity index (χ0n) is 12.6. The van der Waals surface area contributed by atoms with Gasteiger partial charge in [0.05, 0.1) is 0 Å². The number of nitrogens with zero attached hydrogens (tertiary/aromatic N) is 2. The van der Waals surface area contributed by atoms with E-state index in [1.54, 1.807) is 6.92 Å². The molecule has 2 heterocycles. The van der Waals surface area contributed by atoms with Crippen molar-refractivity contribution in [3.05, 3.63) is 29.3 Å². The van der Waals surface area contributed by atoms with Gasteiger partial charge in [-0.15, -0.1) is 0 Å². The number of para-hydroxylation sites is 1. The molecule has 1 aromatic rings. The van der Waals surface area contributed by atoms with Gasteiger partial charge in [-0.25, -0.2) is 0 Å². The highest BCUT2D eigenvalue weighted by Crippen LogP contribution is 2.36. The van der Waals surface area contributed by atoms with Crippen LogP contribution in [0.25, 0.3) is 0 Å². The number of Topliss-reactive ketones (excluding diaryl/α,β-unsaturated/α-hetero) is 1. The van der Waals surface area contributed by atoms with E-state index in [9.17, 15) is 4.79 Å². The van der Waals surface area contributed by atoms with Crippen LogP contribution in [0.3, 0.4) is 0 Å². The number of anilines is 1. The number of benzene rings is 1. The molecule has 1 unspecified atom stereocenters. The summed E-state index contributed by atoms with van der Waals surface area (Å²) < 4.78 is 0. The largest absolute Gasteiger partial charge is 0.366 e. The van der Waals surface area contributed by atoms with Crippen LogP contribution in [0.2, 0.25) is 0 Å². The third kappa shape index (κ3) is 2.59. The number of hydrogen-bond acceptors (Lipinski definition) is 3. The molecule has 2 aliphatic rings. The minimum atomic E-state index is 0.302. The van der Waals surface area contributed by atoms with E-state index in [0.29, 0.717) is 18.2 Å². The van der Waals surface area contributed by atoms with Crippen LogP contribution in [0.4, 0.5) is 5.69 Å². The molecule has 0 radical (unpaired) electrons. The number of ketones is 1. The van der Waals surface area contributed by atoms with E-state index in [4.69, 9.17) is 0 Å². The van der Waals surface area contributed by atoms with Gasteiger partial charge in [-0.2, -0.15) is 0 Å². The fraction of sp³-hybridized carbons (Fsp3) is 0.588. The van der Waals surface area contributed by atoms with Crippen LogP contribution < -0.4 is 4.90 Å². The Balaban J connectivity index is 1.74. The molecular formula is C17H24N2O. The van der Waals surface area contributed by atoms with Gasteiger partial charge in [0.2, 0.25) is 0 Å². The molecule has 0 saturated carbocycles. The number of aryl methyl sites for hydroxylation is 1. The maximum atomic E-state index is 11.2. The first-order valence-corrected chi connectivity index (χ1v) is 7.72. The van der Waals surface area contributed by atoms with Gasteiger partial charge in [0, 0.05) is 37.8 Å². The molecular weight excluding hydrogens is 248 g/mol. The molecule has 1 saturated heterocycles. The Morgan fingerprint density at radius 2 is 2.20 bits per heavy atom. The number of fused-ring (bicyclic) bond motifs is 3. The topological polar surface area (TPSA) is 23.6 Å². The molecule has 1 aromatic carbocycles. The number of carbonyl (C=O) groups is 1. The van der Waals surface area contributed by atoms with Gasteiger partial charge in [0.1, 0.15) is 5.78 Å². The fourth-order valence-electron chi connectivity index (χ4n) is 3.67. The van der Waals surface area contributed by atoms with Crippen LogP contribution in [0.1, 0.15) is 30.9 Å². The quantitative estimate of drug-likeness (QED) is 0.844. The second kappa shape index (κ2) is 5.57. The Bertz CT molecular complexity index is 512. The fourth-order valence-corrected chi connectivity index (χ4v) is 3.67. The zero-order chi connectivity index (χ0) is 14.1. The van der Waals surface area contributed by atoms with Gasteiger partial charge >= 0.3 is 0 Å². The average Bonchev–Trinajstić information content (AvgIpc) is 2.63. The third-order valence-corrected chi connectivity index (χ3v) is 4.63. The van der Waals surface area contributed by atoms with Gasteiger partial charge < -0.3 is 9.80 Å². The summed E-state index contributed by atoms with van der Waals surface area (Å²) in [6.45, 7) is 8.22. The van der Waals surface area contributed by atoms with E-state index in [0.717, 1.165) is 32.6 Å². The summed E-state index contributed by atoms with van der Waals surface area (Å²) in [6.07, 6.45) is 3.05. The molecule has 0 aliphatic carbocycles. The van der Waals surface area contributed by atoms with E-state index in [1.807, 2.05) is 0 Å². The summed E-state index contributed by atoms with van der Waals surface area (Å²) in [5.41, 5.74) is 4.39. The summed E-state index contributed by atoms with van der Waals surface area (Å²) in [5, 5.41) is 0. The summed E-state index contributed by atoms with van der Waals surface area (Å²) in [4.78, 5) is 16.3. The predicted molar refractivity (Wildman–Crippen MR) is 82.4 cm³/mol. The van der Waals surface area contributed by atoms with Crippen molar-refractivity contribution in [3.63, 3.8) is 0 Å². The lowest BCUT2D eigenvalue weighted by Gasteiger charge is -2.28. The highest BCUT2D eigenvalue weighted by Gasteiger charge is 2.33. The zero-order valence-corrected chi connectivity index (χ0v) is 12.6. The molecule has 20 heavy (non-hydrogen) atoms. The highest BCUT2D eigenvalue weighted by molar-refractivity contribution is 5.75. The lowest BCUT2D eigenvalue weighted by Crippen LogP contribution is -2.39. The summed E-state index contributed by atoms with van der Waals surface area (Å²) in [5.74, 6) is 0.302. The van der Waals surface area contributed by atoms with Crippen LogP contribution in [0.15, 0.2) is 18.2 Å². The van der Waals surface area contributed by atoms with Crippen molar-refractivity contribution in [1.82, 2.24) is 4.90 Å².